The molecule has 0 bridgehead atoms. The van der Waals surface area contributed by atoms with Crippen LogP contribution in [0.4, 0.5) is 5.69 Å². The average Bonchev–Trinajstić information content (AvgIpc) is 3.17. The molecular weight excluding hydrogens is 258 g/mol. The lowest BCUT2D eigenvalue weighted by Gasteiger charge is -2.16. The lowest BCUT2D eigenvalue weighted by molar-refractivity contribution is 0.316. The standard InChI is InChI=1S/C15H18ClN3/c16-13-1-4-15(12(7-13)8-17)18-9-11-5-6-19(10-11)14-2-3-14/h1,4,7,11,14,18H,2-3,5-6,9-10H2. The van der Waals surface area contributed by atoms with Gasteiger partial charge in [0.15, 0.2) is 0 Å². The molecule has 3 nitrogen and oxygen atoms in total. The van der Waals surface area contributed by atoms with Crippen LogP contribution in [-0.2, 0) is 0 Å². The normalized spacial score (nSPS) is 23.3. The SMILES string of the molecule is N#Cc1cc(Cl)ccc1NCC1CCN(C2CC2)C1. The Morgan fingerprint density at radius 3 is 2.95 bits per heavy atom. The van der Waals surface area contributed by atoms with E-state index >= 15 is 0 Å². The smallest absolute Gasteiger partial charge is 0.101 e. The molecule has 0 amide bonds. The van der Waals surface area contributed by atoms with E-state index in [1.807, 2.05) is 12.1 Å². The molecule has 1 aliphatic heterocycles. The van der Waals surface area contributed by atoms with Crippen LogP contribution in [0, 0.1) is 17.2 Å². The number of nitrogens with zero attached hydrogens (tertiary/aromatic N) is 2. The maximum Gasteiger partial charge on any atom is 0.101 e. The number of likely N-dealkylation sites (tertiary alicyclic amines) is 1. The lowest BCUT2D eigenvalue weighted by Crippen LogP contribution is -2.24. The van der Waals surface area contributed by atoms with Crippen molar-refractivity contribution < 1.29 is 0 Å². The van der Waals surface area contributed by atoms with E-state index in [9.17, 15) is 0 Å². The Balaban J connectivity index is 1.56. The fourth-order valence-corrected chi connectivity index (χ4v) is 2.99. The highest BCUT2D eigenvalue weighted by atomic mass is 35.5. The topological polar surface area (TPSA) is 39.1 Å². The predicted octanol–water partition coefficient (Wildman–Crippen LogP) is 3.11. The zero-order chi connectivity index (χ0) is 13.2. The molecule has 2 aliphatic rings. The number of anilines is 1. The Morgan fingerprint density at radius 2 is 2.21 bits per heavy atom. The minimum Gasteiger partial charge on any atom is -0.384 e. The Labute approximate surface area is 119 Å². The van der Waals surface area contributed by atoms with E-state index in [0.717, 1.165) is 18.3 Å². The minimum atomic E-state index is 0.614. The first kappa shape index (κ1) is 12.8. The summed E-state index contributed by atoms with van der Waals surface area (Å²) in [5.74, 6) is 0.697. The molecule has 19 heavy (non-hydrogen) atoms. The fraction of sp³-hybridized carbons (Fsp3) is 0.533. The summed E-state index contributed by atoms with van der Waals surface area (Å²) in [6.07, 6.45) is 4.03. The molecule has 1 heterocycles. The fourth-order valence-electron chi connectivity index (χ4n) is 2.82. The van der Waals surface area contributed by atoms with Crippen LogP contribution < -0.4 is 5.32 Å². The summed E-state index contributed by atoms with van der Waals surface area (Å²) in [4.78, 5) is 2.61. The second-order valence-electron chi connectivity index (χ2n) is 5.56. The number of hydrogen-bond acceptors (Lipinski definition) is 3. The summed E-state index contributed by atoms with van der Waals surface area (Å²) in [5.41, 5.74) is 1.53. The molecule has 1 saturated heterocycles. The summed E-state index contributed by atoms with van der Waals surface area (Å²) in [5, 5.41) is 13.1. The zero-order valence-corrected chi connectivity index (χ0v) is 11.7. The number of hydrogen-bond donors (Lipinski definition) is 1. The number of nitrogens with one attached hydrogen (secondary N) is 1. The van der Waals surface area contributed by atoms with E-state index in [2.05, 4.69) is 16.3 Å². The van der Waals surface area contributed by atoms with Crippen LogP contribution in [0.15, 0.2) is 18.2 Å². The van der Waals surface area contributed by atoms with Crippen molar-refractivity contribution in [2.75, 3.05) is 25.0 Å². The van der Waals surface area contributed by atoms with Gasteiger partial charge in [0, 0.05) is 24.2 Å². The maximum atomic E-state index is 9.10. The quantitative estimate of drug-likeness (QED) is 0.918. The number of nitriles is 1. The van der Waals surface area contributed by atoms with Gasteiger partial charge in [-0.15, -0.1) is 0 Å². The van der Waals surface area contributed by atoms with Crippen LogP contribution in [-0.4, -0.2) is 30.6 Å². The van der Waals surface area contributed by atoms with Crippen molar-refractivity contribution in [2.24, 2.45) is 5.92 Å². The molecule has 1 aromatic rings. The van der Waals surface area contributed by atoms with Crippen LogP contribution in [0.2, 0.25) is 5.02 Å². The summed E-state index contributed by atoms with van der Waals surface area (Å²) in [7, 11) is 0. The van der Waals surface area contributed by atoms with E-state index < -0.39 is 0 Å². The molecule has 0 radical (unpaired) electrons. The Kier molecular flexibility index (Phi) is 3.63. The monoisotopic (exact) mass is 275 g/mol. The summed E-state index contributed by atoms with van der Waals surface area (Å²) in [6.45, 7) is 3.38. The van der Waals surface area contributed by atoms with Gasteiger partial charge in [-0.1, -0.05) is 11.6 Å². The third kappa shape index (κ3) is 3.02. The number of rotatable bonds is 4. The predicted molar refractivity (Wildman–Crippen MR) is 77.4 cm³/mol. The highest BCUT2D eigenvalue weighted by Gasteiger charge is 2.34. The van der Waals surface area contributed by atoms with Gasteiger partial charge in [0.25, 0.3) is 0 Å². The van der Waals surface area contributed by atoms with Gasteiger partial charge in [0.2, 0.25) is 0 Å². The van der Waals surface area contributed by atoms with Gasteiger partial charge < -0.3 is 10.2 Å². The van der Waals surface area contributed by atoms with Crippen LogP contribution >= 0.6 is 11.6 Å². The largest absolute Gasteiger partial charge is 0.384 e. The van der Waals surface area contributed by atoms with Crippen LogP contribution in [0.3, 0.4) is 0 Å². The van der Waals surface area contributed by atoms with Gasteiger partial charge in [-0.2, -0.15) is 5.26 Å². The van der Waals surface area contributed by atoms with Crippen molar-refractivity contribution in [1.82, 2.24) is 4.90 Å². The van der Waals surface area contributed by atoms with Crippen molar-refractivity contribution in [1.29, 1.82) is 5.26 Å². The van der Waals surface area contributed by atoms with Crippen molar-refractivity contribution in [3.05, 3.63) is 28.8 Å². The van der Waals surface area contributed by atoms with Crippen LogP contribution in [0.25, 0.3) is 0 Å². The molecule has 1 atom stereocenters. The summed E-state index contributed by atoms with van der Waals surface area (Å²) >= 11 is 5.90. The molecule has 4 heteroatoms. The van der Waals surface area contributed by atoms with Crippen molar-refractivity contribution in [3.63, 3.8) is 0 Å². The zero-order valence-electron chi connectivity index (χ0n) is 10.9. The van der Waals surface area contributed by atoms with Crippen LogP contribution in [0.1, 0.15) is 24.8 Å². The highest BCUT2D eigenvalue weighted by molar-refractivity contribution is 6.30. The second-order valence-corrected chi connectivity index (χ2v) is 6.00. The van der Waals surface area contributed by atoms with E-state index in [1.165, 1.54) is 32.4 Å². The first-order valence-electron chi connectivity index (χ1n) is 6.94. The maximum absolute atomic E-state index is 9.10. The first-order valence-corrected chi connectivity index (χ1v) is 7.31. The van der Waals surface area contributed by atoms with Gasteiger partial charge in [-0.3, -0.25) is 0 Å². The Bertz CT molecular complexity index is 505. The molecule has 3 rings (SSSR count). The van der Waals surface area contributed by atoms with Gasteiger partial charge >= 0.3 is 0 Å². The lowest BCUT2D eigenvalue weighted by atomic mass is 10.1. The van der Waals surface area contributed by atoms with E-state index in [4.69, 9.17) is 16.9 Å². The second kappa shape index (κ2) is 5.40. The molecule has 1 unspecified atom stereocenters. The Hall–Kier alpha value is -1.24. The van der Waals surface area contributed by atoms with E-state index in [-0.39, 0.29) is 0 Å². The van der Waals surface area contributed by atoms with E-state index in [1.54, 1.807) is 6.07 Å². The van der Waals surface area contributed by atoms with Gasteiger partial charge in [-0.25, -0.2) is 0 Å². The van der Waals surface area contributed by atoms with Gasteiger partial charge in [0.05, 0.1) is 11.3 Å². The third-order valence-corrected chi connectivity index (χ3v) is 4.30. The molecule has 2 fully saturated rings. The third-order valence-electron chi connectivity index (χ3n) is 4.06. The highest BCUT2D eigenvalue weighted by Crippen LogP contribution is 2.32. The van der Waals surface area contributed by atoms with Gasteiger partial charge in [0.1, 0.15) is 6.07 Å². The first-order chi connectivity index (χ1) is 9.26. The van der Waals surface area contributed by atoms with E-state index in [0.29, 0.717) is 16.5 Å². The van der Waals surface area contributed by atoms with Gasteiger partial charge in [-0.05, 0) is 49.9 Å². The summed E-state index contributed by atoms with van der Waals surface area (Å²) in [6, 6.07) is 8.51. The Morgan fingerprint density at radius 1 is 1.37 bits per heavy atom. The minimum absolute atomic E-state index is 0.614. The molecule has 100 valence electrons. The van der Waals surface area contributed by atoms with Crippen LogP contribution in [0.5, 0.6) is 0 Å². The molecule has 1 N–H and O–H groups in total. The van der Waals surface area contributed by atoms with Crippen molar-refractivity contribution in [3.8, 4) is 6.07 Å². The molecule has 0 aromatic heterocycles. The summed E-state index contributed by atoms with van der Waals surface area (Å²) < 4.78 is 0. The molecular formula is C15H18ClN3. The number of benzene rings is 1. The molecule has 1 aliphatic carbocycles. The van der Waals surface area contributed by atoms with Crippen molar-refractivity contribution in [2.45, 2.75) is 25.3 Å². The molecule has 1 saturated carbocycles. The number of halogens is 1. The van der Waals surface area contributed by atoms with Crippen molar-refractivity contribution >= 4 is 17.3 Å². The molecule has 1 aromatic carbocycles. The molecule has 0 spiro atoms. The average molecular weight is 276 g/mol.